The molecule has 1 atom stereocenters. The molecule has 2 aliphatic heterocycles. The first-order valence-corrected chi connectivity index (χ1v) is 7.97. The second kappa shape index (κ2) is 7.19. The maximum atomic E-state index is 6.29. The van der Waals surface area contributed by atoms with E-state index in [1.54, 1.807) is 0 Å². The van der Waals surface area contributed by atoms with E-state index in [-0.39, 0.29) is 12.4 Å². The lowest BCUT2D eigenvalue weighted by molar-refractivity contribution is 0.169. The summed E-state index contributed by atoms with van der Waals surface area (Å²) in [4.78, 5) is 5.02. The van der Waals surface area contributed by atoms with Crippen molar-refractivity contribution in [3.63, 3.8) is 0 Å². The lowest BCUT2D eigenvalue weighted by Gasteiger charge is -2.39. The maximum Gasteiger partial charge on any atom is 0.0639 e. The minimum absolute atomic E-state index is 0. The fourth-order valence-corrected chi connectivity index (χ4v) is 3.65. The van der Waals surface area contributed by atoms with Crippen molar-refractivity contribution in [1.82, 2.24) is 10.2 Å². The number of hydrogen-bond acceptors (Lipinski definition) is 3. The van der Waals surface area contributed by atoms with Crippen LogP contribution in [0.2, 0.25) is 5.02 Å². The summed E-state index contributed by atoms with van der Waals surface area (Å²) in [5, 5.41) is 4.36. The minimum atomic E-state index is 0. The van der Waals surface area contributed by atoms with Gasteiger partial charge in [0.25, 0.3) is 0 Å². The van der Waals surface area contributed by atoms with Crippen LogP contribution in [-0.4, -0.2) is 50.7 Å². The number of rotatable bonds is 3. The van der Waals surface area contributed by atoms with Crippen LogP contribution in [0.3, 0.4) is 0 Å². The van der Waals surface area contributed by atoms with E-state index in [0.29, 0.717) is 5.41 Å². The summed E-state index contributed by atoms with van der Waals surface area (Å²) in [6, 6.07) is 8.17. The molecule has 1 aromatic carbocycles. The molecule has 0 bridgehead atoms. The lowest BCUT2D eigenvalue weighted by atomic mass is 9.89. The molecule has 2 fully saturated rings. The molecular formula is C16H25Cl2N3. The van der Waals surface area contributed by atoms with Crippen molar-refractivity contribution in [3.8, 4) is 0 Å². The van der Waals surface area contributed by atoms with Gasteiger partial charge < -0.3 is 10.2 Å². The molecular weight excluding hydrogens is 305 g/mol. The molecule has 2 saturated heterocycles. The van der Waals surface area contributed by atoms with Crippen LogP contribution in [0.1, 0.15) is 13.3 Å². The zero-order valence-corrected chi connectivity index (χ0v) is 14.2. The van der Waals surface area contributed by atoms with Gasteiger partial charge in [-0.05, 0) is 30.5 Å². The molecule has 1 N–H and O–H groups in total. The first-order valence-electron chi connectivity index (χ1n) is 7.59. The standard InChI is InChI=1S/C16H24ClN3.ClH/c1-16(6-7-18-12-16)13-19-8-10-20(11-9-19)15-5-3-2-4-14(15)17;/h2-5,18H,6-13H2,1H3;1H. The molecule has 1 aromatic rings. The topological polar surface area (TPSA) is 18.5 Å². The van der Waals surface area contributed by atoms with E-state index in [1.165, 1.54) is 25.2 Å². The summed E-state index contributed by atoms with van der Waals surface area (Å²) >= 11 is 6.29. The van der Waals surface area contributed by atoms with E-state index in [4.69, 9.17) is 11.6 Å². The second-order valence-corrected chi connectivity index (χ2v) is 6.86. The maximum absolute atomic E-state index is 6.29. The molecule has 2 aliphatic rings. The van der Waals surface area contributed by atoms with Crippen LogP contribution in [0.15, 0.2) is 24.3 Å². The van der Waals surface area contributed by atoms with Crippen LogP contribution in [0.4, 0.5) is 5.69 Å². The van der Waals surface area contributed by atoms with Crippen molar-refractivity contribution in [1.29, 1.82) is 0 Å². The highest BCUT2D eigenvalue weighted by atomic mass is 35.5. The molecule has 3 rings (SSSR count). The Labute approximate surface area is 139 Å². The predicted molar refractivity (Wildman–Crippen MR) is 92.9 cm³/mol. The Hall–Kier alpha value is -0.480. The van der Waals surface area contributed by atoms with Gasteiger partial charge in [-0.2, -0.15) is 0 Å². The monoisotopic (exact) mass is 329 g/mol. The minimum Gasteiger partial charge on any atom is -0.368 e. The zero-order valence-electron chi connectivity index (χ0n) is 12.6. The van der Waals surface area contributed by atoms with Gasteiger partial charge in [-0.3, -0.25) is 4.90 Å². The van der Waals surface area contributed by atoms with Gasteiger partial charge in [0.2, 0.25) is 0 Å². The Balaban J connectivity index is 0.00000161. The first-order chi connectivity index (χ1) is 9.66. The highest BCUT2D eigenvalue weighted by molar-refractivity contribution is 6.33. The van der Waals surface area contributed by atoms with Crippen LogP contribution in [0, 0.1) is 5.41 Å². The predicted octanol–water partition coefficient (Wildman–Crippen LogP) is 2.88. The van der Waals surface area contributed by atoms with Crippen LogP contribution in [-0.2, 0) is 0 Å². The highest BCUT2D eigenvalue weighted by Crippen LogP contribution is 2.28. The lowest BCUT2D eigenvalue weighted by Crippen LogP contribution is -2.50. The van der Waals surface area contributed by atoms with Crippen molar-refractivity contribution >= 4 is 29.7 Å². The summed E-state index contributed by atoms with van der Waals surface area (Å²) in [7, 11) is 0. The fraction of sp³-hybridized carbons (Fsp3) is 0.625. The van der Waals surface area contributed by atoms with Crippen LogP contribution in [0.5, 0.6) is 0 Å². The van der Waals surface area contributed by atoms with Gasteiger partial charge in [-0.15, -0.1) is 12.4 Å². The van der Waals surface area contributed by atoms with Crippen molar-refractivity contribution in [2.24, 2.45) is 5.41 Å². The third-order valence-electron chi connectivity index (χ3n) is 4.63. The number of piperazine rings is 1. The Kier molecular flexibility index (Phi) is 5.78. The number of para-hydroxylation sites is 1. The molecule has 118 valence electrons. The number of nitrogens with one attached hydrogen (secondary N) is 1. The van der Waals surface area contributed by atoms with Gasteiger partial charge >= 0.3 is 0 Å². The normalized spacial score (nSPS) is 26.7. The van der Waals surface area contributed by atoms with E-state index in [0.717, 1.165) is 37.7 Å². The summed E-state index contributed by atoms with van der Waals surface area (Å²) in [5.41, 5.74) is 1.65. The number of hydrogen-bond donors (Lipinski definition) is 1. The van der Waals surface area contributed by atoms with Crippen molar-refractivity contribution in [2.75, 3.05) is 50.7 Å². The first kappa shape index (κ1) is 16.9. The zero-order chi connectivity index (χ0) is 14.0. The quantitative estimate of drug-likeness (QED) is 0.919. The number of nitrogens with zero attached hydrogens (tertiary/aromatic N) is 2. The third-order valence-corrected chi connectivity index (χ3v) is 4.95. The molecule has 1 unspecified atom stereocenters. The molecule has 0 amide bonds. The van der Waals surface area contributed by atoms with E-state index < -0.39 is 0 Å². The van der Waals surface area contributed by atoms with Crippen molar-refractivity contribution in [3.05, 3.63) is 29.3 Å². The summed E-state index contributed by atoms with van der Waals surface area (Å²) in [6.45, 7) is 10.4. The van der Waals surface area contributed by atoms with Gasteiger partial charge in [-0.1, -0.05) is 30.7 Å². The third kappa shape index (κ3) is 4.04. The van der Waals surface area contributed by atoms with Crippen molar-refractivity contribution < 1.29 is 0 Å². The average molecular weight is 330 g/mol. The van der Waals surface area contributed by atoms with Crippen LogP contribution >= 0.6 is 24.0 Å². The van der Waals surface area contributed by atoms with Gasteiger partial charge in [0.05, 0.1) is 10.7 Å². The van der Waals surface area contributed by atoms with Gasteiger partial charge in [0, 0.05) is 39.3 Å². The molecule has 3 nitrogen and oxygen atoms in total. The van der Waals surface area contributed by atoms with Gasteiger partial charge in [0.15, 0.2) is 0 Å². The largest absolute Gasteiger partial charge is 0.368 e. The fourth-order valence-electron chi connectivity index (χ4n) is 3.40. The highest BCUT2D eigenvalue weighted by Gasteiger charge is 2.31. The molecule has 2 heterocycles. The summed E-state index contributed by atoms with van der Waals surface area (Å²) in [6.07, 6.45) is 1.30. The Bertz CT molecular complexity index is 453. The van der Waals surface area contributed by atoms with Crippen LogP contribution in [0.25, 0.3) is 0 Å². The van der Waals surface area contributed by atoms with Crippen LogP contribution < -0.4 is 10.2 Å². The smallest absolute Gasteiger partial charge is 0.0639 e. The van der Waals surface area contributed by atoms with E-state index in [9.17, 15) is 0 Å². The van der Waals surface area contributed by atoms with Crippen molar-refractivity contribution in [2.45, 2.75) is 13.3 Å². The molecule has 0 aliphatic carbocycles. The van der Waals surface area contributed by atoms with E-state index in [1.807, 2.05) is 12.1 Å². The molecule has 0 radical (unpaired) electrons. The molecule has 0 aromatic heterocycles. The number of anilines is 1. The molecule has 0 saturated carbocycles. The van der Waals surface area contributed by atoms with Gasteiger partial charge in [-0.25, -0.2) is 0 Å². The van der Waals surface area contributed by atoms with Gasteiger partial charge in [0.1, 0.15) is 0 Å². The number of benzene rings is 1. The molecule has 0 spiro atoms. The second-order valence-electron chi connectivity index (χ2n) is 6.45. The Morgan fingerprint density at radius 3 is 2.52 bits per heavy atom. The Morgan fingerprint density at radius 1 is 1.19 bits per heavy atom. The summed E-state index contributed by atoms with van der Waals surface area (Å²) < 4.78 is 0. The number of halogens is 2. The van der Waals surface area contributed by atoms with E-state index >= 15 is 0 Å². The average Bonchev–Trinajstić information content (AvgIpc) is 2.87. The van der Waals surface area contributed by atoms with E-state index in [2.05, 4.69) is 34.2 Å². The molecule has 21 heavy (non-hydrogen) atoms. The SMILES string of the molecule is CC1(CN2CCN(c3ccccc3Cl)CC2)CCNC1.Cl. The molecule has 5 heteroatoms. The Morgan fingerprint density at radius 2 is 1.90 bits per heavy atom. The summed E-state index contributed by atoms with van der Waals surface area (Å²) in [5.74, 6) is 0.